The summed E-state index contributed by atoms with van der Waals surface area (Å²) in [4.78, 5) is 28.6. The van der Waals surface area contributed by atoms with Gasteiger partial charge in [0.1, 0.15) is 30.4 Å². The average molecular weight is 667 g/mol. The fourth-order valence-electron chi connectivity index (χ4n) is 8.19. The van der Waals surface area contributed by atoms with Gasteiger partial charge in [-0.3, -0.25) is 4.79 Å². The van der Waals surface area contributed by atoms with Gasteiger partial charge in [-0.05, 0) is 62.8 Å². The zero-order valence-corrected chi connectivity index (χ0v) is 27.1. The van der Waals surface area contributed by atoms with Gasteiger partial charge in [0.25, 0.3) is 0 Å². The molecule has 0 aromatic carbocycles. The molecule has 14 heteroatoms. The van der Waals surface area contributed by atoms with E-state index in [1.807, 2.05) is 6.08 Å². The molecule has 3 heterocycles. The Kier molecular flexibility index (Phi) is 11.7. The van der Waals surface area contributed by atoms with E-state index < -0.39 is 78.5 Å². The standard InChI is InChI=1S/C33H51N3O11/c1-16(2)19(11-17-9-10-35-13-17)14-36-15-33(44)29(40)26(39)28(31(42)43)47-32(33)45-21-7-8-22-23(12-21)46-27(30(34)41)24(25(22)38)18-3-5-20(37)6-4-18/h9-10,13,16,18-29,32,36-40,44H,3-8,11-12,14-15H2,1-2H3,(H2-,34,41,42,43)/p+1. The molecule has 3 aliphatic heterocycles. The molecule has 14 nitrogen and oxygen atoms in total. The summed E-state index contributed by atoms with van der Waals surface area (Å²) in [5.74, 6) is -2.59. The van der Waals surface area contributed by atoms with Crippen molar-refractivity contribution in [1.82, 2.24) is 5.32 Å². The minimum absolute atomic E-state index is 0.0171. The van der Waals surface area contributed by atoms with E-state index in [1.165, 1.54) is 0 Å². The van der Waals surface area contributed by atoms with Gasteiger partial charge >= 0.3 is 5.97 Å². The van der Waals surface area contributed by atoms with Gasteiger partial charge in [0.05, 0.1) is 30.5 Å². The van der Waals surface area contributed by atoms with Gasteiger partial charge < -0.3 is 55.9 Å². The second-order valence-electron chi connectivity index (χ2n) is 14.5. The zero-order valence-electron chi connectivity index (χ0n) is 27.1. The van der Waals surface area contributed by atoms with Crippen LogP contribution in [-0.4, -0.2) is 123 Å². The fraction of sp³-hybridized carbons (Fsp3) is 0.818. The number of nitrogens with one attached hydrogen (secondary N) is 1. The number of rotatable bonds is 12. The van der Waals surface area contributed by atoms with Gasteiger partial charge in [0.2, 0.25) is 5.91 Å². The Labute approximate surface area is 275 Å². The highest BCUT2D eigenvalue weighted by molar-refractivity contribution is 5.82. The van der Waals surface area contributed by atoms with Crippen LogP contribution in [-0.2, 0) is 23.8 Å². The monoisotopic (exact) mass is 666 g/mol. The van der Waals surface area contributed by atoms with Crippen LogP contribution in [0.3, 0.4) is 0 Å². The Morgan fingerprint density at radius 3 is 2.43 bits per heavy atom. The first-order valence-corrected chi connectivity index (χ1v) is 17.0. The number of allylic oxidation sites excluding steroid dienone is 1. The van der Waals surface area contributed by atoms with E-state index in [9.17, 15) is 40.2 Å². The van der Waals surface area contributed by atoms with E-state index >= 15 is 0 Å². The van der Waals surface area contributed by atoms with Crippen LogP contribution in [0.25, 0.3) is 0 Å². The number of nitrogens with zero attached hydrogens (tertiary/aromatic N) is 1. The van der Waals surface area contributed by atoms with Gasteiger partial charge in [-0.15, -0.1) is 4.99 Å². The number of fused-ring (bicyclic) bond motifs is 1. The van der Waals surface area contributed by atoms with Crippen molar-refractivity contribution in [3.8, 4) is 0 Å². The quantitative estimate of drug-likeness (QED) is 0.125. The first kappa shape index (κ1) is 36.1. The number of aliphatic imine (C=N–C) groups is 1. The Hall–Kier alpha value is -2.14. The smallest absolute Gasteiger partial charge is 0.335 e. The summed E-state index contributed by atoms with van der Waals surface area (Å²) in [5, 5.41) is 67.9. The molecule has 2 aliphatic carbocycles. The summed E-state index contributed by atoms with van der Waals surface area (Å²) in [5.41, 5.74) is 4.62. The minimum Gasteiger partial charge on any atom is -0.479 e. The number of carbonyl (C=O) groups is 2. The maximum Gasteiger partial charge on any atom is 0.335 e. The third kappa shape index (κ3) is 7.86. The SMILES string of the molecule is CC(C)C(CNCC1(O)C(OC2CCC3C(C2)OC(C(N)=O)C(C2CCC(O)CC2)C3O)OC(C(=O)O)C(O)C1O)CC1=C[CH+]N=C1. The Morgan fingerprint density at radius 2 is 1.81 bits per heavy atom. The summed E-state index contributed by atoms with van der Waals surface area (Å²) in [6.07, 6.45) is -2.82. The first-order valence-electron chi connectivity index (χ1n) is 17.0. The largest absolute Gasteiger partial charge is 0.479 e. The summed E-state index contributed by atoms with van der Waals surface area (Å²) < 4.78 is 18.1. The summed E-state index contributed by atoms with van der Waals surface area (Å²) in [7, 11) is 0. The van der Waals surface area contributed by atoms with Crippen LogP contribution in [0, 0.1) is 36.1 Å². The molecule has 12 unspecified atom stereocenters. The first-order chi connectivity index (χ1) is 22.3. The predicted octanol–water partition coefficient (Wildman–Crippen LogP) is -0.361. The van der Waals surface area contributed by atoms with Crippen LogP contribution >= 0.6 is 0 Å². The third-order valence-electron chi connectivity index (χ3n) is 11.1. The average Bonchev–Trinajstić information content (AvgIpc) is 3.54. The van der Waals surface area contributed by atoms with Gasteiger partial charge in [0.15, 0.2) is 24.2 Å². The molecule has 2 saturated heterocycles. The molecule has 0 bridgehead atoms. The normalized spacial score (nSPS) is 42.8. The second kappa shape index (κ2) is 15.2. The van der Waals surface area contributed by atoms with E-state index in [0.717, 1.165) is 12.0 Å². The number of carboxylic acids is 1. The number of amides is 1. The number of aliphatic carboxylic acids is 1. The number of hydrogen-bond donors (Lipinski definition) is 8. The van der Waals surface area contributed by atoms with E-state index in [0.29, 0.717) is 45.1 Å². The number of aliphatic hydroxyl groups excluding tert-OH is 4. The minimum atomic E-state index is -2.22. The van der Waals surface area contributed by atoms with E-state index in [-0.39, 0.29) is 36.6 Å². The molecule has 0 spiro atoms. The molecule has 0 aromatic rings. The fourth-order valence-corrected chi connectivity index (χ4v) is 8.19. The topological polar surface area (TPSA) is 234 Å². The van der Waals surface area contributed by atoms with Crippen molar-refractivity contribution in [2.24, 2.45) is 40.3 Å². The van der Waals surface area contributed by atoms with Gasteiger partial charge in [-0.1, -0.05) is 13.8 Å². The molecular weight excluding hydrogens is 614 g/mol. The van der Waals surface area contributed by atoms with Gasteiger partial charge in [0, 0.05) is 31.2 Å². The lowest BCUT2D eigenvalue weighted by molar-refractivity contribution is -0.346. The van der Waals surface area contributed by atoms with Crippen molar-refractivity contribution in [2.45, 2.75) is 126 Å². The maximum atomic E-state index is 12.6. The van der Waals surface area contributed by atoms with E-state index in [1.54, 1.807) is 12.8 Å². The lowest BCUT2D eigenvalue weighted by atomic mass is 9.66. The second-order valence-corrected chi connectivity index (χ2v) is 14.5. The molecular formula is C33H52N3O11+. The predicted molar refractivity (Wildman–Crippen MR) is 167 cm³/mol. The number of aliphatic hydroxyl groups is 5. The van der Waals surface area contributed by atoms with Crippen molar-refractivity contribution in [3.05, 3.63) is 18.2 Å². The maximum absolute atomic E-state index is 12.6. The molecule has 2 saturated carbocycles. The summed E-state index contributed by atoms with van der Waals surface area (Å²) >= 11 is 0. The lowest BCUT2D eigenvalue weighted by Crippen LogP contribution is -2.71. The van der Waals surface area contributed by atoms with Crippen molar-refractivity contribution < 1.29 is 54.4 Å². The Bertz CT molecular complexity index is 1160. The number of ether oxygens (including phenoxy) is 3. The van der Waals surface area contributed by atoms with Crippen molar-refractivity contribution in [3.63, 3.8) is 0 Å². The molecule has 0 aromatic heterocycles. The Morgan fingerprint density at radius 1 is 1.09 bits per heavy atom. The van der Waals surface area contributed by atoms with Crippen molar-refractivity contribution in [2.75, 3.05) is 13.1 Å². The molecule has 0 radical (unpaired) electrons. The van der Waals surface area contributed by atoms with Crippen LogP contribution in [0.5, 0.6) is 0 Å². The molecule has 12 atom stereocenters. The van der Waals surface area contributed by atoms with Crippen LogP contribution < -0.4 is 11.1 Å². The number of carbonyl (C=O) groups excluding carboxylic acids is 1. The van der Waals surface area contributed by atoms with Crippen molar-refractivity contribution >= 4 is 18.1 Å². The highest BCUT2D eigenvalue weighted by Crippen LogP contribution is 2.46. The highest BCUT2D eigenvalue weighted by atomic mass is 16.7. The molecule has 5 aliphatic rings. The summed E-state index contributed by atoms with van der Waals surface area (Å²) in [6.45, 7) is 6.06. The van der Waals surface area contributed by atoms with E-state index in [2.05, 4.69) is 24.2 Å². The molecule has 264 valence electrons. The molecule has 9 N–H and O–H groups in total. The molecule has 1 amide bonds. The third-order valence-corrected chi connectivity index (χ3v) is 11.1. The van der Waals surface area contributed by atoms with Crippen LogP contribution in [0.2, 0.25) is 0 Å². The summed E-state index contributed by atoms with van der Waals surface area (Å²) in [6, 6.07) is 0. The van der Waals surface area contributed by atoms with Crippen LogP contribution in [0.1, 0.15) is 65.2 Å². The van der Waals surface area contributed by atoms with Gasteiger partial charge in [-0.2, -0.15) is 0 Å². The lowest BCUT2D eigenvalue weighted by Gasteiger charge is -2.52. The zero-order chi connectivity index (χ0) is 34.0. The van der Waals surface area contributed by atoms with E-state index in [4.69, 9.17) is 19.9 Å². The van der Waals surface area contributed by atoms with Crippen LogP contribution in [0.15, 0.2) is 16.6 Å². The number of hydrogen-bond acceptors (Lipinski definition) is 12. The van der Waals surface area contributed by atoms with Crippen molar-refractivity contribution in [1.29, 1.82) is 0 Å². The number of nitrogens with two attached hydrogens (primary N) is 1. The van der Waals surface area contributed by atoms with Crippen LogP contribution in [0.4, 0.5) is 0 Å². The van der Waals surface area contributed by atoms with Gasteiger partial charge in [-0.25, -0.2) is 4.79 Å². The molecule has 5 rings (SSSR count). The Balaban J connectivity index is 1.27. The number of primary amides is 1. The highest BCUT2D eigenvalue weighted by Gasteiger charge is 2.59. The molecule has 47 heavy (non-hydrogen) atoms. The number of carboxylic acid groups (broad SMARTS) is 1. The molecule has 4 fully saturated rings.